The van der Waals surface area contributed by atoms with Crippen LogP contribution in [0.25, 0.3) is 0 Å². The molecule has 0 aliphatic carbocycles. The van der Waals surface area contributed by atoms with Gasteiger partial charge < -0.3 is 9.64 Å². The summed E-state index contributed by atoms with van der Waals surface area (Å²) in [5.41, 5.74) is 0. The van der Waals surface area contributed by atoms with Crippen molar-refractivity contribution >= 4 is 5.91 Å². The molecule has 3 rings (SSSR count). The zero-order valence-corrected chi connectivity index (χ0v) is 12.3. The van der Waals surface area contributed by atoms with E-state index >= 15 is 0 Å². The second-order valence-corrected chi connectivity index (χ2v) is 5.36. The molecule has 0 N–H and O–H groups in total. The highest BCUT2D eigenvalue weighted by Gasteiger charge is 2.27. The fourth-order valence-electron chi connectivity index (χ4n) is 2.58. The summed E-state index contributed by atoms with van der Waals surface area (Å²) in [4.78, 5) is 14.1. The third-order valence-corrected chi connectivity index (χ3v) is 3.71. The van der Waals surface area contributed by atoms with Gasteiger partial charge in [-0.2, -0.15) is 0 Å². The molecule has 1 aromatic carbocycles. The fourth-order valence-corrected chi connectivity index (χ4v) is 2.58. The van der Waals surface area contributed by atoms with Crippen LogP contribution in [0.15, 0.2) is 36.7 Å². The van der Waals surface area contributed by atoms with Crippen molar-refractivity contribution in [2.45, 2.75) is 31.9 Å². The van der Waals surface area contributed by atoms with E-state index in [4.69, 9.17) is 4.74 Å². The number of aryl methyl sites for hydroxylation is 1. The van der Waals surface area contributed by atoms with Crippen LogP contribution >= 0.6 is 0 Å². The van der Waals surface area contributed by atoms with Crippen LogP contribution in [0.5, 0.6) is 5.75 Å². The van der Waals surface area contributed by atoms with E-state index in [-0.39, 0.29) is 12.0 Å². The van der Waals surface area contributed by atoms with Crippen molar-refractivity contribution in [3.05, 3.63) is 36.7 Å². The van der Waals surface area contributed by atoms with Gasteiger partial charge in [0.15, 0.2) is 0 Å². The Hall–Kier alpha value is -2.44. The van der Waals surface area contributed by atoms with Gasteiger partial charge in [0, 0.05) is 25.9 Å². The van der Waals surface area contributed by atoms with Gasteiger partial charge >= 0.3 is 0 Å². The lowest BCUT2D eigenvalue weighted by Gasteiger charge is -2.17. The Kier molecular flexibility index (Phi) is 4.62. The molecule has 0 spiro atoms. The maximum atomic E-state index is 12.2. The van der Waals surface area contributed by atoms with Gasteiger partial charge in [0.1, 0.15) is 18.2 Å². The van der Waals surface area contributed by atoms with E-state index in [1.807, 2.05) is 35.2 Å². The Morgan fingerprint density at radius 1 is 1.32 bits per heavy atom. The number of para-hydroxylation sites is 1. The molecule has 1 aromatic heterocycles. The Morgan fingerprint density at radius 2 is 2.18 bits per heavy atom. The molecule has 0 saturated carbocycles. The second-order valence-electron chi connectivity index (χ2n) is 5.36. The molecule has 116 valence electrons. The van der Waals surface area contributed by atoms with Gasteiger partial charge in [0.05, 0.1) is 6.54 Å². The molecule has 7 nitrogen and oxygen atoms in total. The maximum absolute atomic E-state index is 12.2. The number of hydrogen-bond donors (Lipinski definition) is 0. The first-order chi connectivity index (χ1) is 10.8. The smallest absolute Gasteiger partial charge is 0.222 e. The molecule has 0 radical (unpaired) electrons. The average Bonchev–Trinajstić information content (AvgIpc) is 3.20. The maximum Gasteiger partial charge on any atom is 0.222 e. The predicted molar refractivity (Wildman–Crippen MR) is 79.1 cm³/mol. The lowest BCUT2D eigenvalue weighted by molar-refractivity contribution is -0.130. The van der Waals surface area contributed by atoms with Crippen molar-refractivity contribution in [3.63, 3.8) is 0 Å². The highest BCUT2D eigenvalue weighted by Crippen LogP contribution is 2.18. The number of tetrazole rings is 1. The Bertz CT molecular complexity index is 587. The molecule has 1 aliphatic rings. The average molecular weight is 301 g/mol. The van der Waals surface area contributed by atoms with E-state index in [1.54, 1.807) is 11.0 Å². The molecular formula is C15H19N5O2. The lowest BCUT2D eigenvalue weighted by atomic mass is 10.3. The third-order valence-electron chi connectivity index (χ3n) is 3.71. The molecule has 1 aliphatic heterocycles. The molecule has 2 heterocycles. The third kappa shape index (κ3) is 3.81. The summed E-state index contributed by atoms with van der Waals surface area (Å²) in [6.07, 6.45) is 3.78. The minimum absolute atomic E-state index is 0.0888. The minimum atomic E-state index is 0.0888. The lowest BCUT2D eigenvalue weighted by Crippen LogP contribution is -2.30. The summed E-state index contributed by atoms with van der Waals surface area (Å²) in [5, 5.41) is 10.9. The van der Waals surface area contributed by atoms with E-state index < -0.39 is 0 Å². The van der Waals surface area contributed by atoms with E-state index in [2.05, 4.69) is 15.5 Å². The van der Waals surface area contributed by atoms with Crippen LogP contribution in [0.1, 0.15) is 19.3 Å². The number of rotatable bonds is 6. The van der Waals surface area contributed by atoms with Gasteiger partial charge in [0.2, 0.25) is 5.91 Å². The monoisotopic (exact) mass is 301 g/mol. The van der Waals surface area contributed by atoms with Crippen LogP contribution in [0.2, 0.25) is 0 Å². The van der Waals surface area contributed by atoms with Gasteiger partial charge in [0.25, 0.3) is 0 Å². The Morgan fingerprint density at radius 3 is 2.95 bits per heavy atom. The number of aromatic nitrogens is 4. The van der Waals surface area contributed by atoms with Crippen molar-refractivity contribution in [1.82, 2.24) is 25.1 Å². The Labute approximate surface area is 128 Å². The van der Waals surface area contributed by atoms with Crippen molar-refractivity contribution in [1.29, 1.82) is 0 Å². The van der Waals surface area contributed by atoms with Gasteiger partial charge in [-0.1, -0.05) is 18.2 Å². The van der Waals surface area contributed by atoms with Crippen LogP contribution < -0.4 is 4.74 Å². The van der Waals surface area contributed by atoms with Crippen LogP contribution in [0.4, 0.5) is 0 Å². The number of amides is 1. The first kappa shape index (κ1) is 14.5. The molecule has 22 heavy (non-hydrogen) atoms. The molecule has 1 saturated heterocycles. The number of nitrogens with zero attached hydrogens (tertiary/aromatic N) is 5. The number of likely N-dealkylation sites (tertiary alicyclic amines) is 1. The van der Waals surface area contributed by atoms with E-state index in [1.165, 1.54) is 0 Å². The Balaban J connectivity index is 1.41. The number of ether oxygens (including phenoxy) is 1. The van der Waals surface area contributed by atoms with Crippen molar-refractivity contribution in [2.75, 3.05) is 13.1 Å². The molecule has 0 bridgehead atoms. The standard InChI is InChI=1S/C15H19N5O2/c21-15(7-4-9-20-12-16-17-18-20)19-10-8-14(11-19)22-13-5-2-1-3-6-13/h1-3,5-6,12,14H,4,7-11H2. The topological polar surface area (TPSA) is 73.1 Å². The van der Waals surface area contributed by atoms with Gasteiger partial charge in [-0.15, -0.1) is 5.10 Å². The molecule has 1 unspecified atom stereocenters. The van der Waals surface area contributed by atoms with Gasteiger partial charge in [-0.25, -0.2) is 4.68 Å². The minimum Gasteiger partial charge on any atom is -0.489 e. The van der Waals surface area contributed by atoms with Gasteiger partial charge in [-0.05, 0) is 29.0 Å². The summed E-state index contributed by atoms with van der Waals surface area (Å²) >= 11 is 0. The molecular weight excluding hydrogens is 282 g/mol. The van der Waals surface area contributed by atoms with Crippen molar-refractivity contribution in [2.24, 2.45) is 0 Å². The van der Waals surface area contributed by atoms with Gasteiger partial charge in [-0.3, -0.25) is 4.79 Å². The number of benzene rings is 1. The summed E-state index contributed by atoms with van der Waals surface area (Å²) in [6, 6.07) is 9.74. The molecule has 1 atom stereocenters. The molecule has 2 aromatic rings. The van der Waals surface area contributed by atoms with E-state index in [0.717, 1.165) is 25.1 Å². The molecule has 1 amide bonds. The highest BCUT2D eigenvalue weighted by atomic mass is 16.5. The summed E-state index contributed by atoms with van der Waals surface area (Å²) in [6.45, 7) is 2.09. The van der Waals surface area contributed by atoms with Crippen molar-refractivity contribution in [3.8, 4) is 5.75 Å². The molecule has 7 heteroatoms. The van der Waals surface area contributed by atoms with Crippen LogP contribution in [-0.2, 0) is 11.3 Å². The summed E-state index contributed by atoms with van der Waals surface area (Å²) in [5.74, 6) is 1.03. The molecule has 1 fully saturated rings. The highest BCUT2D eigenvalue weighted by molar-refractivity contribution is 5.76. The number of carbonyl (C=O) groups excluding carboxylic acids is 1. The fraction of sp³-hybridized carbons (Fsp3) is 0.467. The number of carbonyl (C=O) groups is 1. The van der Waals surface area contributed by atoms with Crippen LogP contribution in [0, 0.1) is 0 Å². The van der Waals surface area contributed by atoms with Crippen LogP contribution in [0.3, 0.4) is 0 Å². The zero-order chi connectivity index (χ0) is 15.2. The normalized spacial score (nSPS) is 17.6. The second kappa shape index (κ2) is 7.02. The van der Waals surface area contributed by atoms with Crippen LogP contribution in [-0.4, -0.2) is 50.2 Å². The summed E-state index contributed by atoms with van der Waals surface area (Å²) in [7, 11) is 0. The van der Waals surface area contributed by atoms with E-state index in [9.17, 15) is 4.79 Å². The largest absolute Gasteiger partial charge is 0.489 e. The predicted octanol–water partition coefficient (Wildman–Crippen LogP) is 1.13. The SMILES string of the molecule is O=C(CCCn1cnnn1)N1CCC(Oc2ccccc2)C1. The first-order valence-electron chi connectivity index (χ1n) is 7.51. The van der Waals surface area contributed by atoms with Crippen molar-refractivity contribution < 1.29 is 9.53 Å². The quantitative estimate of drug-likeness (QED) is 0.800. The van der Waals surface area contributed by atoms with E-state index in [0.29, 0.717) is 19.5 Å². The summed E-state index contributed by atoms with van der Waals surface area (Å²) < 4.78 is 7.53. The first-order valence-corrected chi connectivity index (χ1v) is 7.51. The zero-order valence-electron chi connectivity index (χ0n) is 12.3. The number of hydrogen-bond acceptors (Lipinski definition) is 5.